The molecule has 9 heteroatoms. The third kappa shape index (κ3) is 5.65. The van der Waals surface area contributed by atoms with E-state index < -0.39 is 12.7 Å². The Balaban J connectivity index is 1.85. The van der Waals surface area contributed by atoms with Crippen molar-refractivity contribution in [3.63, 3.8) is 0 Å². The summed E-state index contributed by atoms with van der Waals surface area (Å²) < 4.78 is 37.3. The highest BCUT2D eigenvalue weighted by Gasteiger charge is 2.34. The lowest BCUT2D eigenvalue weighted by Crippen LogP contribution is -2.45. The van der Waals surface area contributed by atoms with Crippen LogP contribution >= 0.6 is 11.3 Å². The van der Waals surface area contributed by atoms with Gasteiger partial charge >= 0.3 is 6.18 Å². The van der Waals surface area contributed by atoms with Crippen molar-refractivity contribution in [2.75, 3.05) is 33.7 Å². The fraction of sp³-hybridized carbons (Fsp3) is 0.714. The van der Waals surface area contributed by atoms with Gasteiger partial charge in [0.25, 0.3) is 0 Å². The van der Waals surface area contributed by atoms with Crippen molar-refractivity contribution in [1.82, 2.24) is 20.1 Å². The lowest BCUT2D eigenvalue weighted by molar-refractivity contribution is -0.143. The highest BCUT2D eigenvalue weighted by atomic mass is 32.1. The van der Waals surface area contributed by atoms with Crippen LogP contribution in [0.5, 0.6) is 0 Å². The van der Waals surface area contributed by atoms with Crippen LogP contribution in [0.15, 0.2) is 10.4 Å². The maximum atomic E-state index is 12.4. The number of halogens is 3. The molecule has 130 valence electrons. The molecule has 1 aromatic rings. The van der Waals surface area contributed by atoms with E-state index in [1.165, 1.54) is 4.90 Å². The molecular weight excluding hydrogens is 327 g/mol. The Labute approximate surface area is 138 Å². The quantitative estimate of drug-likeness (QED) is 0.668. The van der Waals surface area contributed by atoms with Crippen LogP contribution in [0.4, 0.5) is 13.2 Å². The SMILES string of the molecule is CN=C(NC1CCN(CC(F)(F)F)C1)N(C)Cc1csc(C)n1. The van der Waals surface area contributed by atoms with E-state index in [0.29, 0.717) is 32.0 Å². The van der Waals surface area contributed by atoms with Crippen LogP contribution in [0.1, 0.15) is 17.1 Å². The topological polar surface area (TPSA) is 43.8 Å². The van der Waals surface area contributed by atoms with Crippen LogP contribution < -0.4 is 5.32 Å². The van der Waals surface area contributed by atoms with E-state index in [-0.39, 0.29) is 6.04 Å². The predicted octanol–water partition coefficient (Wildman–Crippen LogP) is 2.10. The Morgan fingerprint density at radius 2 is 2.30 bits per heavy atom. The Morgan fingerprint density at radius 3 is 2.87 bits per heavy atom. The average molecular weight is 349 g/mol. The zero-order valence-corrected chi connectivity index (χ0v) is 14.3. The molecule has 2 rings (SSSR count). The molecular formula is C14H22F3N5S. The number of hydrogen-bond acceptors (Lipinski definition) is 4. The molecule has 23 heavy (non-hydrogen) atoms. The molecule has 1 fully saturated rings. The lowest BCUT2D eigenvalue weighted by atomic mass is 10.3. The summed E-state index contributed by atoms with van der Waals surface area (Å²) in [5.41, 5.74) is 0.961. The molecule has 0 radical (unpaired) electrons. The molecule has 1 saturated heterocycles. The maximum absolute atomic E-state index is 12.4. The third-order valence-corrected chi connectivity index (χ3v) is 4.47. The minimum Gasteiger partial charge on any atom is -0.352 e. The van der Waals surface area contributed by atoms with E-state index in [2.05, 4.69) is 15.3 Å². The molecule has 0 aliphatic carbocycles. The van der Waals surface area contributed by atoms with Crippen molar-refractivity contribution in [1.29, 1.82) is 0 Å². The van der Waals surface area contributed by atoms with E-state index in [0.717, 1.165) is 10.7 Å². The predicted molar refractivity (Wildman–Crippen MR) is 85.7 cm³/mol. The molecule has 0 saturated carbocycles. The number of aromatic nitrogens is 1. The summed E-state index contributed by atoms with van der Waals surface area (Å²) in [6.45, 7) is 2.54. The fourth-order valence-electron chi connectivity index (χ4n) is 2.67. The van der Waals surface area contributed by atoms with Gasteiger partial charge in [-0.2, -0.15) is 13.2 Å². The monoisotopic (exact) mass is 349 g/mol. The second kappa shape index (κ2) is 7.48. The van der Waals surface area contributed by atoms with E-state index in [1.807, 2.05) is 24.3 Å². The Bertz CT molecular complexity index is 543. The molecule has 5 nitrogen and oxygen atoms in total. The second-order valence-corrected chi connectivity index (χ2v) is 6.80. The first-order valence-corrected chi connectivity index (χ1v) is 8.29. The Kier molecular flexibility index (Phi) is 5.85. The number of hydrogen-bond donors (Lipinski definition) is 1. The molecule has 1 N–H and O–H groups in total. The maximum Gasteiger partial charge on any atom is 0.401 e. The van der Waals surface area contributed by atoms with Gasteiger partial charge in [0, 0.05) is 38.6 Å². The van der Waals surface area contributed by atoms with Crippen molar-refractivity contribution in [2.45, 2.75) is 32.1 Å². The Morgan fingerprint density at radius 1 is 1.57 bits per heavy atom. The molecule has 0 aromatic carbocycles. The minimum atomic E-state index is -4.14. The minimum absolute atomic E-state index is 0.0179. The number of aryl methyl sites for hydroxylation is 1. The van der Waals surface area contributed by atoms with Crippen molar-refractivity contribution >= 4 is 17.3 Å². The van der Waals surface area contributed by atoms with Gasteiger partial charge in [0.15, 0.2) is 5.96 Å². The summed E-state index contributed by atoms with van der Waals surface area (Å²) in [7, 11) is 3.57. The molecule has 1 unspecified atom stereocenters. The molecule has 0 bridgehead atoms. The first-order valence-electron chi connectivity index (χ1n) is 7.41. The normalized spacial score (nSPS) is 20.1. The van der Waals surface area contributed by atoms with Gasteiger partial charge in [-0.1, -0.05) is 0 Å². The largest absolute Gasteiger partial charge is 0.401 e. The number of nitrogens with zero attached hydrogens (tertiary/aromatic N) is 4. The van der Waals surface area contributed by atoms with Crippen LogP contribution in [0.2, 0.25) is 0 Å². The van der Waals surface area contributed by atoms with Gasteiger partial charge in [0.1, 0.15) is 0 Å². The van der Waals surface area contributed by atoms with E-state index in [1.54, 1.807) is 18.4 Å². The summed E-state index contributed by atoms with van der Waals surface area (Å²) in [4.78, 5) is 12.0. The second-order valence-electron chi connectivity index (χ2n) is 5.74. The molecule has 1 atom stereocenters. The molecule has 1 aliphatic rings. The van der Waals surface area contributed by atoms with Gasteiger partial charge in [0.05, 0.1) is 23.8 Å². The smallest absolute Gasteiger partial charge is 0.352 e. The number of likely N-dealkylation sites (tertiary alicyclic amines) is 1. The summed E-state index contributed by atoms with van der Waals surface area (Å²) in [6.07, 6.45) is -3.46. The van der Waals surface area contributed by atoms with Crippen molar-refractivity contribution in [3.05, 3.63) is 16.1 Å². The molecule has 1 aliphatic heterocycles. The van der Waals surface area contributed by atoms with Crippen LogP contribution in [-0.4, -0.2) is 66.7 Å². The standard InChI is InChI=1S/C14H22F3N5S/c1-10-19-12(8-23-10)6-21(3)13(18-2)20-11-4-5-22(7-11)9-14(15,16)17/h8,11H,4-7,9H2,1-3H3,(H,18,20). The van der Waals surface area contributed by atoms with Crippen molar-refractivity contribution < 1.29 is 13.2 Å². The van der Waals surface area contributed by atoms with Crippen LogP contribution in [-0.2, 0) is 6.54 Å². The molecule has 0 spiro atoms. The van der Waals surface area contributed by atoms with Gasteiger partial charge in [-0.15, -0.1) is 11.3 Å². The molecule has 2 heterocycles. The number of guanidine groups is 1. The van der Waals surface area contributed by atoms with Gasteiger partial charge in [-0.3, -0.25) is 9.89 Å². The van der Waals surface area contributed by atoms with Crippen LogP contribution in [0, 0.1) is 6.92 Å². The molecule has 1 aromatic heterocycles. The van der Waals surface area contributed by atoms with E-state index >= 15 is 0 Å². The lowest BCUT2D eigenvalue weighted by Gasteiger charge is -2.24. The summed E-state index contributed by atoms with van der Waals surface area (Å²) in [6, 6.07) is -0.0179. The third-order valence-electron chi connectivity index (χ3n) is 3.65. The van der Waals surface area contributed by atoms with Crippen molar-refractivity contribution in [3.8, 4) is 0 Å². The Hall–Kier alpha value is -1.35. The van der Waals surface area contributed by atoms with E-state index in [4.69, 9.17) is 0 Å². The van der Waals surface area contributed by atoms with Gasteiger partial charge in [0.2, 0.25) is 0 Å². The number of nitrogens with one attached hydrogen (secondary N) is 1. The van der Waals surface area contributed by atoms with E-state index in [9.17, 15) is 13.2 Å². The fourth-order valence-corrected chi connectivity index (χ4v) is 3.28. The average Bonchev–Trinajstić information content (AvgIpc) is 3.03. The number of alkyl halides is 3. The zero-order valence-electron chi connectivity index (χ0n) is 13.5. The zero-order chi connectivity index (χ0) is 17.0. The van der Waals surface area contributed by atoms with Gasteiger partial charge < -0.3 is 10.2 Å². The highest BCUT2D eigenvalue weighted by Crippen LogP contribution is 2.20. The van der Waals surface area contributed by atoms with Crippen LogP contribution in [0.25, 0.3) is 0 Å². The van der Waals surface area contributed by atoms with Gasteiger partial charge in [-0.05, 0) is 13.3 Å². The first-order chi connectivity index (χ1) is 10.8. The first kappa shape index (κ1) is 18.0. The number of thiazole rings is 1. The van der Waals surface area contributed by atoms with Crippen molar-refractivity contribution in [2.24, 2.45) is 4.99 Å². The number of rotatable bonds is 4. The summed E-state index contributed by atoms with van der Waals surface area (Å²) >= 11 is 1.59. The summed E-state index contributed by atoms with van der Waals surface area (Å²) in [5, 5.41) is 6.26. The highest BCUT2D eigenvalue weighted by molar-refractivity contribution is 7.09. The number of aliphatic imine (C=N–C) groups is 1. The summed E-state index contributed by atoms with van der Waals surface area (Å²) in [5.74, 6) is 0.675. The van der Waals surface area contributed by atoms with Crippen LogP contribution in [0.3, 0.4) is 0 Å². The molecule has 0 amide bonds. The van der Waals surface area contributed by atoms with Gasteiger partial charge in [-0.25, -0.2) is 4.98 Å².